The number of fused-ring (bicyclic) bond motifs is 1. The van der Waals surface area contributed by atoms with Gasteiger partial charge < -0.3 is 14.5 Å². The number of likely N-dealkylation sites (N-methyl/N-ethyl adjacent to an activating group) is 1. The van der Waals surface area contributed by atoms with Gasteiger partial charge in [-0.1, -0.05) is 30.3 Å². The lowest BCUT2D eigenvalue weighted by atomic mass is 9.95. The van der Waals surface area contributed by atoms with E-state index in [9.17, 15) is 9.18 Å². The third-order valence-electron chi connectivity index (χ3n) is 4.64. The first-order valence-electron chi connectivity index (χ1n) is 8.91. The van der Waals surface area contributed by atoms with Crippen molar-refractivity contribution < 1.29 is 13.9 Å². The molecule has 0 saturated heterocycles. The molecule has 26 heavy (non-hydrogen) atoms. The Morgan fingerprint density at radius 2 is 1.85 bits per heavy atom. The lowest BCUT2D eigenvalue weighted by Crippen LogP contribution is -2.43. The van der Waals surface area contributed by atoms with Crippen LogP contribution >= 0.6 is 0 Å². The molecule has 0 N–H and O–H groups in total. The molecule has 4 nitrogen and oxygen atoms in total. The van der Waals surface area contributed by atoms with Gasteiger partial charge in [-0.15, -0.1) is 0 Å². The number of hydrogen-bond donors (Lipinski definition) is 0. The number of carbonyl (C=O) groups is 1. The zero-order chi connectivity index (χ0) is 18.5. The number of nitrogens with zero attached hydrogens (tertiary/aromatic N) is 2. The summed E-state index contributed by atoms with van der Waals surface area (Å²) in [7, 11) is 3.97. The van der Waals surface area contributed by atoms with E-state index in [0.29, 0.717) is 26.1 Å². The number of halogens is 1. The summed E-state index contributed by atoms with van der Waals surface area (Å²) >= 11 is 0. The van der Waals surface area contributed by atoms with Crippen LogP contribution in [0.15, 0.2) is 48.5 Å². The van der Waals surface area contributed by atoms with Crippen molar-refractivity contribution in [1.82, 2.24) is 9.80 Å². The maximum Gasteiger partial charge on any atom is 0.229 e. The standard InChI is InChI=1S/C21H25FN2O2/c1-23(2)11-12-24(14-16-7-9-19(22)10-8-16)21(25)18-13-17-5-3-4-6-20(17)26-15-18/h3-10,18H,11-15H2,1-2H3. The number of carbonyl (C=O) groups excluding carboxylic acids is 1. The van der Waals surface area contributed by atoms with E-state index in [2.05, 4.69) is 4.90 Å². The number of rotatable bonds is 6. The van der Waals surface area contributed by atoms with Crippen molar-refractivity contribution in [2.45, 2.75) is 13.0 Å². The largest absolute Gasteiger partial charge is 0.492 e. The first-order chi connectivity index (χ1) is 12.5. The number of para-hydroxylation sites is 1. The molecule has 0 aliphatic carbocycles. The number of ether oxygens (including phenoxy) is 1. The maximum atomic E-state index is 13.2. The zero-order valence-electron chi connectivity index (χ0n) is 15.3. The Morgan fingerprint density at radius 1 is 1.12 bits per heavy atom. The van der Waals surface area contributed by atoms with Crippen molar-refractivity contribution in [3.8, 4) is 5.75 Å². The number of hydrogen-bond acceptors (Lipinski definition) is 3. The second-order valence-electron chi connectivity index (χ2n) is 7.01. The molecule has 2 aromatic carbocycles. The molecule has 1 heterocycles. The van der Waals surface area contributed by atoms with Crippen LogP contribution < -0.4 is 4.74 Å². The van der Waals surface area contributed by atoms with Crippen LogP contribution in [0, 0.1) is 11.7 Å². The monoisotopic (exact) mass is 356 g/mol. The van der Waals surface area contributed by atoms with Gasteiger partial charge in [0.15, 0.2) is 0 Å². The average molecular weight is 356 g/mol. The maximum absolute atomic E-state index is 13.2. The Balaban J connectivity index is 1.73. The van der Waals surface area contributed by atoms with Gasteiger partial charge in [-0.05, 0) is 49.8 Å². The molecule has 0 aromatic heterocycles. The fourth-order valence-electron chi connectivity index (χ4n) is 3.14. The van der Waals surface area contributed by atoms with E-state index in [4.69, 9.17) is 4.74 Å². The van der Waals surface area contributed by atoms with Crippen molar-refractivity contribution in [1.29, 1.82) is 0 Å². The molecule has 0 bridgehead atoms. The van der Waals surface area contributed by atoms with Gasteiger partial charge in [0.1, 0.15) is 18.2 Å². The van der Waals surface area contributed by atoms with Gasteiger partial charge in [-0.3, -0.25) is 4.79 Å². The fourth-order valence-corrected chi connectivity index (χ4v) is 3.14. The van der Waals surface area contributed by atoms with Crippen molar-refractivity contribution >= 4 is 5.91 Å². The molecule has 1 unspecified atom stereocenters. The van der Waals surface area contributed by atoms with Crippen molar-refractivity contribution in [2.75, 3.05) is 33.8 Å². The van der Waals surface area contributed by atoms with E-state index in [-0.39, 0.29) is 17.6 Å². The second kappa shape index (κ2) is 8.32. The Morgan fingerprint density at radius 3 is 2.58 bits per heavy atom. The fraction of sp³-hybridized carbons (Fsp3) is 0.381. The summed E-state index contributed by atoms with van der Waals surface area (Å²) in [6.07, 6.45) is 0.691. The van der Waals surface area contributed by atoms with E-state index in [0.717, 1.165) is 23.4 Å². The lowest BCUT2D eigenvalue weighted by Gasteiger charge is -2.31. The highest BCUT2D eigenvalue weighted by molar-refractivity contribution is 5.79. The SMILES string of the molecule is CN(C)CCN(Cc1ccc(F)cc1)C(=O)C1COc2ccccc2C1. The number of benzene rings is 2. The van der Waals surface area contributed by atoms with E-state index in [1.807, 2.05) is 43.3 Å². The first kappa shape index (κ1) is 18.4. The molecule has 1 amide bonds. The van der Waals surface area contributed by atoms with E-state index in [1.165, 1.54) is 12.1 Å². The molecule has 0 saturated carbocycles. The van der Waals surface area contributed by atoms with Crippen LogP contribution in [0.4, 0.5) is 4.39 Å². The van der Waals surface area contributed by atoms with Crippen molar-refractivity contribution in [3.05, 3.63) is 65.5 Å². The lowest BCUT2D eigenvalue weighted by molar-refractivity contribution is -0.137. The van der Waals surface area contributed by atoms with Crippen LogP contribution in [0.25, 0.3) is 0 Å². The Hall–Kier alpha value is -2.40. The molecule has 0 radical (unpaired) electrons. The summed E-state index contributed by atoms with van der Waals surface area (Å²) in [5, 5.41) is 0. The smallest absolute Gasteiger partial charge is 0.229 e. The third kappa shape index (κ3) is 4.61. The highest BCUT2D eigenvalue weighted by Gasteiger charge is 2.29. The topological polar surface area (TPSA) is 32.8 Å². The Kier molecular flexibility index (Phi) is 5.89. The van der Waals surface area contributed by atoms with Crippen LogP contribution in [0.1, 0.15) is 11.1 Å². The normalized spacial score (nSPS) is 16.1. The minimum absolute atomic E-state index is 0.0886. The predicted octanol–water partition coefficient (Wildman–Crippen LogP) is 2.97. The van der Waals surface area contributed by atoms with Crippen LogP contribution in [0.5, 0.6) is 5.75 Å². The third-order valence-corrected chi connectivity index (χ3v) is 4.64. The van der Waals surface area contributed by atoms with Gasteiger partial charge in [0.05, 0.1) is 5.92 Å². The molecular weight excluding hydrogens is 331 g/mol. The average Bonchev–Trinajstić information content (AvgIpc) is 2.65. The minimum atomic E-state index is -0.266. The minimum Gasteiger partial charge on any atom is -0.492 e. The molecule has 3 rings (SSSR count). The Labute approximate surface area is 154 Å². The summed E-state index contributed by atoms with van der Waals surface area (Å²) in [4.78, 5) is 17.1. The molecule has 1 aliphatic heterocycles. The summed E-state index contributed by atoms with van der Waals surface area (Å²) in [6, 6.07) is 14.2. The first-order valence-corrected chi connectivity index (χ1v) is 8.91. The molecule has 1 atom stereocenters. The summed E-state index contributed by atoms with van der Waals surface area (Å²) in [5.41, 5.74) is 2.00. The molecule has 1 aliphatic rings. The van der Waals surface area contributed by atoms with Gasteiger partial charge >= 0.3 is 0 Å². The quantitative estimate of drug-likeness (QED) is 0.798. The van der Waals surface area contributed by atoms with Gasteiger partial charge in [0, 0.05) is 19.6 Å². The zero-order valence-corrected chi connectivity index (χ0v) is 15.3. The molecule has 138 valence electrons. The van der Waals surface area contributed by atoms with Gasteiger partial charge in [0.2, 0.25) is 5.91 Å². The summed E-state index contributed by atoms with van der Waals surface area (Å²) in [5.74, 6) is 0.505. The van der Waals surface area contributed by atoms with Crippen LogP contribution in [-0.4, -0.2) is 49.5 Å². The van der Waals surface area contributed by atoms with Crippen LogP contribution in [0.3, 0.4) is 0 Å². The van der Waals surface area contributed by atoms with E-state index < -0.39 is 0 Å². The predicted molar refractivity (Wildman–Crippen MR) is 99.5 cm³/mol. The summed E-state index contributed by atoms with van der Waals surface area (Å²) in [6.45, 7) is 2.28. The highest BCUT2D eigenvalue weighted by atomic mass is 19.1. The Bertz CT molecular complexity index is 746. The van der Waals surface area contributed by atoms with Gasteiger partial charge in [-0.25, -0.2) is 4.39 Å². The van der Waals surface area contributed by atoms with Gasteiger partial charge in [-0.2, -0.15) is 0 Å². The van der Waals surface area contributed by atoms with E-state index in [1.54, 1.807) is 12.1 Å². The molecule has 0 spiro atoms. The molecule has 5 heteroatoms. The molecule has 2 aromatic rings. The second-order valence-corrected chi connectivity index (χ2v) is 7.01. The summed E-state index contributed by atoms with van der Waals surface area (Å²) < 4.78 is 19.0. The van der Waals surface area contributed by atoms with Crippen LogP contribution in [-0.2, 0) is 17.8 Å². The van der Waals surface area contributed by atoms with Crippen molar-refractivity contribution in [3.63, 3.8) is 0 Å². The van der Waals surface area contributed by atoms with Crippen LogP contribution in [0.2, 0.25) is 0 Å². The van der Waals surface area contributed by atoms with E-state index >= 15 is 0 Å². The van der Waals surface area contributed by atoms with Crippen molar-refractivity contribution in [2.24, 2.45) is 5.92 Å². The highest BCUT2D eigenvalue weighted by Crippen LogP contribution is 2.28. The number of amides is 1. The molecular formula is C21H25FN2O2. The molecule has 0 fully saturated rings. The van der Waals surface area contributed by atoms with Gasteiger partial charge in [0.25, 0.3) is 0 Å².